The minimum absolute atomic E-state index is 0.101. The molecule has 0 saturated heterocycles. The lowest BCUT2D eigenvalue weighted by Gasteiger charge is -2.18. The molecule has 0 saturated carbocycles. The second-order valence-corrected chi connectivity index (χ2v) is 16.3. The van der Waals surface area contributed by atoms with Gasteiger partial charge in [-0.05, 0) is 109 Å². The van der Waals surface area contributed by atoms with Gasteiger partial charge in [0.2, 0.25) is 0 Å². The summed E-state index contributed by atoms with van der Waals surface area (Å²) in [5, 5.41) is 0. The zero-order valence-electron chi connectivity index (χ0n) is 39.7. The number of esters is 3. The molecule has 0 radical (unpaired) electrons. The zero-order chi connectivity index (χ0) is 44.4. The summed E-state index contributed by atoms with van der Waals surface area (Å²) in [7, 11) is 0. The van der Waals surface area contributed by atoms with Crippen molar-refractivity contribution in [1.29, 1.82) is 0 Å². The summed E-state index contributed by atoms with van der Waals surface area (Å²) in [5.74, 6) is -0.972. The highest BCUT2D eigenvalue weighted by Gasteiger charge is 2.19. The molecule has 1 atom stereocenters. The molecule has 0 N–H and O–H groups in total. The molecule has 6 heteroatoms. The van der Waals surface area contributed by atoms with E-state index in [9.17, 15) is 14.4 Å². The fraction of sp³-hybridized carbons (Fsp3) is 0.691. The number of allylic oxidation sites excluding steroid dienone is 14. The van der Waals surface area contributed by atoms with E-state index < -0.39 is 6.10 Å². The number of hydrogen-bond acceptors (Lipinski definition) is 6. The molecule has 0 aromatic rings. The maximum Gasteiger partial charge on any atom is 0.306 e. The smallest absolute Gasteiger partial charge is 0.306 e. The molecule has 0 heterocycles. The molecule has 1 unspecified atom stereocenters. The van der Waals surface area contributed by atoms with Crippen molar-refractivity contribution in [2.75, 3.05) is 13.2 Å². The molecule has 0 bridgehead atoms. The largest absolute Gasteiger partial charge is 0.462 e. The van der Waals surface area contributed by atoms with E-state index in [1.54, 1.807) is 0 Å². The number of rotatable bonds is 44. The third-order valence-corrected chi connectivity index (χ3v) is 10.4. The van der Waals surface area contributed by atoms with Gasteiger partial charge in [0.25, 0.3) is 0 Å². The van der Waals surface area contributed by atoms with Crippen molar-refractivity contribution < 1.29 is 28.6 Å². The number of ether oxygens (including phenoxy) is 3. The van der Waals surface area contributed by atoms with Crippen LogP contribution in [0.3, 0.4) is 0 Å². The lowest BCUT2D eigenvalue weighted by molar-refractivity contribution is -0.167. The Hall–Kier alpha value is -3.41. The van der Waals surface area contributed by atoms with E-state index in [1.807, 2.05) is 0 Å². The summed E-state index contributed by atoms with van der Waals surface area (Å²) in [6.07, 6.45) is 62.9. The Labute approximate surface area is 375 Å². The summed E-state index contributed by atoms with van der Waals surface area (Å²) in [6.45, 7) is 6.34. The SMILES string of the molecule is CC/C=C\C/C=C\C/C=C\CCCCCCC(=O)OC(COC(=O)CCCC/C=C\C/C=C\C/C=C\CC)COC(=O)CCCCCCCCC/C=C\CCCCCCCC. The van der Waals surface area contributed by atoms with Crippen LogP contribution in [0.15, 0.2) is 85.1 Å². The maximum absolute atomic E-state index is 12.8. The van der Waals surface area contributed by atoms with E-state index in [1.165, 1.54) is 77.0 Å². The predicted octanol–water partition coefficient (Wildman–Crippen LogP) is 16.4. The topological polar surface area (TPSA) is 78.9 Å². The Bertz CT molecular complexity index is 1200. The van der Waals surface area contributed by atoms with Crippen molar-refractivity contribution in [2.24, 2.45) is 0 Å². The first-order valence-corrected chi connectivity index (χ1v) is 25.1. The van der Waals surface area contributed by atoms with E-state index in [0.29, 0.717) is 19.3 Å². The molecule has 0 fully saturated rings. The highest BCUT2D eigenvalue weighted by molar-refractivity contribution is 5.71. The number of hydrogen-bond donors (Lipinski definition) is 0. The van der Waals surface area contributed by atoms with Gasteiger partial charge in [0.15, 0.2) is 6.10 Å². The Morgan fingerprint density at radius 2 is 0.639 bits per heavy atom. The lowest BCUT2D eigenvalue weighted by Crippen LogP contribution is -2.30. The molecule has 0 rings (SSSR count). The van der Waals surface area contributed by atoms with Gasteiger partial charge in [0.1, 0.15) is 13.2 Å². The number of unbranched alkanes of at least 4 members (excludes halogenated alkanes) is 19. The molecule has 6 nitrogen and oxygen atoms in total. The quantitative estimate of drug-likeness (QED) is 0.0263. The van der Waals surface area contributed by atoms with Gasteiger partial charge in [-0.25, -0.2) is 0 Å². The molecule has 0 spiro atoms. The van der Waals surface area contributed by atoms with Crippen LogP contribution in [0, 0.1) is 0 Å². The first-order chi connectivity index (χ1) is 30.0. The summed E-state index contributed by atoms with van der Waals surface area (Å²) in [4.78, 5) is 37.9. The number of carbonyl (C=O) groups is 3. The monoisotopic (exact) mass is 849 g/mol. The van der Waals surface area contributed by atoms with Crippen molar-refractivity contribution in [3.05, 3.63) is 85.1 Å². The van der Waals surface area contributed by atoms with Gasteiger partial charge < -0.3 is 14.2 Å². The van der Waals surface area contributed by atoms with Gasteiger partial charge in [-0.15, -0.1) is 0 Å². The normalized spacial score (nSPS) is 12.8. The minimum Gasteiger partial charge on any atom is -0.462 e. The van der Waals surface area contributed by atoms with E-state index in [0.717, 1.165) is 109 Å². The van der Waals surface area contributed by atoms with Crippen molar-refractivity contribution in [2.45, 2.75) is 232 Å². The van der Waals surface area contributed by atoms with Crippen molar-refractivity contribution in [3.63, 3.8) is 0 Å². The van der Waals surface area contributed by atoms with E-state index >= 15 is 0 Å². The first kappa shape index (κ1) is 57.6. The van der Waals surface area contributed by atoms with E-state index in [2.05, 4.69) is 106 Å². The maximum atomic E-state index is 12.8. The fourth-order valence-corrected chi connectivity index (χ4v) is 6.64. The van der Waals surface area contributed by atoms with Crippen LogP contribution < -0.4 is 0 Å². The standard InChI is InChI=1S/C55H92O6/c1-4-7-10-13-16-19-22-25-27-28-29-31-33-36-39-42-45-48-54(57)60-51-52(50-59-53(56)47-44-41-38-35-32-24-21-18-15-12-9-6-3)61-55(58)49-46-43-40-37-34-30-26-23-20-17-14-11-8-5-2/h8-9,11-12,17-18,20-21,25-27,30,32,35,52H,4-7,10,13-16,19,22-24,28-29,31,33-34,36-51H2,1-3H3/b11-8-,12-9-,20-17-,21-18-,27-25-,30-26-,35-32-. The molecule has 0 aliphatic carbocycles. The third kappa shape index (κ3) is 47.5. The molecular formula is C55H92O6. The van der Waals surface area contributed by atoms with Crippen molar-refractivity contribution >= 4 is 17.9 Å². The van der Waals surface area contributed by atoms with Crippen molar-refractivity contribution in [1.82, 2.24) is 0 Å². The Balaban J connectivity index is 4.45. The molecule has 0 aliphatic rings. The molecule has 0 aliphatic heterocycles. The van der Waals surface area contributed by atoms with Crippen molar-refractivity contribution in [3.8, 4) is 0 Å². The van der Waals surface area contributed by atoms with Gasteiger partial charge in [-0.3, -0.25) is 14.4 Å². The van der Waals surface area contributed by atoms with Crippen LogP contribution in [-0.2, 0) is 28.6 Å². The summed E-state index contributed by atoms with van der Waals surface area (Å²) >= 11 is 0. The van der Waals surface area contributed by atoms with Crippen LogP contribution >= 0.6 is 0 Å². The minimum atomic E-state index is -0.805. The lowest BCUT2D eigenvalue weighted by atomic mass is 10.1. The van der Waals surface area contributed by atoms with Gasteiger partial charge in [-0.1, -0.05) is 183 Å². The summed E-state index contributed by atoms with van der Waals surface area (Å²) in [5.41, 5.74) is 0. The average molecular weight is 849 g/mol. The van der Waals surface area contributed by atoms with Crippen LogP contribution in [0.4, 0.5) is 0 Å². The van der Waals surface area contributed by atoms with Gasteiger partial charge >= 0.3 is 17.9 Å². The Morgan fingerprint density at radius 1 is 0.344 bits per heavy atom. The van der Waals surface area contributed by atoms with Crippen LogP contribution in [0.25, 0.3) is 0 Å². The van der Waals surface area contributed by atoms with Crippen LogP contribution in [0.1, 0.15) is 226 Å². The number of carbonyl (C=O) groups excluding carboxylic acids is 3. The molecular weight excluding hydrogens is 757 g/mol. The molecule has 348 valence electrons. The van der Waals surface area contributed by atoms with Crippen LogP contribution in [-0.4, -0.2) is 37.2 Å². The highest BCUT2D eigenvalue weighted by atomic mass is 16.6. The van der Waals surface area contributed by atoms with Gasteiger partial charge in [0, 0.05) is 19.3 Å². The van der Waals surface area contributed by atoms with E-state index in [-0.39, 0.29) is 31.1 Å². The van der Waals surface area contributed by atoms with Crippen LogP contribution in [0.2, 0.25) is 0 Å². The fourth-order valence-electron chi connectivity index (χ4n) is 6.64. The molecule has 0 amide bonds. The third-order valence-electron chi connectivity index (χ3n) is 10.4. The van der Waals surface area contributed by atoms with Gasteiger partial charge in [0.05, 0.1) is 0 Å². The average Bonchev–Trinajstić information content (AvgIpc) is 3.26. The predicted molar refractivity (Wildman–Crippen MR) is 261 cm³/mol. The van der Waals surface area contributed by atoms with Crippen LogP contribution in [0.5, 0.6) is 0 Å². The van der Waals surface area contributed by atoms with Gasteiger partial charge in [-0.2, -0.15) is 0 Å². The Kier molecular flexibility index (Phi) is 46.5. The zero-order valence-corrected chi connectivity index (χ0v) is 39.7. The second kappa shape index (κ2) is 49.2. The second-order valence-electron chi connectivity index (χ2n) is 16.3. The molecule has 61 heavy (non-hydrogen) atoms. The van der Waals surface area contributed by atoms with E-state index in [4.69, 9.17) is 14.2 Å². The highest BCUT2D eigenvalue weighted by Crippen LogP contribution is 2.13. The Morgan fingerprint density at radius 3 is 1.05 bits per heavy atom. The molecule has 0 aromatic heterocycles. The summed E-state index contributed by atoms with van der Waals surface area (Å²) < 4.78 is 16.7. The molecule has 0 aromatic carbocycles. The summed E-state index contributed by atoms with van der Waals surface area (Å²) in [6, 6.07) is 0. The first-order valence-electron chi connectivity index (χ1n) is 25.1.